The van der Waals surface area contributed by atoms with E-state index in [-0.39, 0.29) is 17.7 Å². The van der Waals surface area contributed by atoms with E-state index in [1.165, 1.54) is 6.92 Å². The van der Waals surface area contributed by atoms with Crippen molar-refractivity contribution >= 4 is 5.97 Å². The second-order valence-corrected chi connectivity index (χ2v) is 5.73. The molecule has 0 saturated carbocycles. The number of halogens is 6. The molecule has 0 unspecified atom stereocenters. The average molecular weight is 401 g/mol. The highest BCUT2D eigenvalue weighted by atomic mass is 19.4. The van der Waals surface area contributed by atoms with Crippen LogP contribution in [0.4, 0.5) is 26.3 Å². The van der Waals surface area contributed by atoms with E-state index in [1.807, 2.05) is 0 Å². The quantitative estimate of drug-likeness (QED) is 0.529. The van der Waals surface area contributed by atoms with Gasteiger partial charge in [-0.3, -0.25) is 0 Å². The van der Waals surface area contributed by atoms with Crippen LogP contribution >= 0.6 is 0 Å². The molecule has 2 rings (SSSR count). The highest BCUT2D eigenvalue weighted by Crippen LogP contribution is 2.38. The number of hydrogen-bond donors (Lipinski definition) is 0. The van der Waals surface area contributed by atoms with Crippen LogP contribution in [-0.4, -0.2) is 12.6 Å². The van der Waals surface area contributed by atoms with Gasteiger partial charge in [0.25, 0.3) is 0 Å². The van der Waals surface area contributed by atoms with Crippen molar-refractivity contribution in [1.29, 1.82) is 5.26 Å². The van der Waals surface area contributed by atoms with Crippen LogP contribution in [0, 0.1) is 11.3 Å². The van der Waals surface area contributed by atoms with Crippen molar-refractivity contribution in [1.82, 2.24) is 0 Å². The molecule has 2 aromatic carbocycles. The summed E-state index contributed by atoms with van der Waals surface area (Å²) in [5.41, 5.74) is -4.52. The molecule has 0 atom stereocenters. The van der Waals surface area contributed by atoms with Crippen LogP contribution in [0.1, 0.15) is 29.2 Å². The SMILES string of the molecule is CCOC(=O)C(C#N)(c1ccc(C(F)(F)F)cc1)c1ccc(C(F)(F)F)cc1. The summed E-state index contributed by atoms with van der Waals surface area (Å²) < 4.78 is 81.7. The lowest BCUT2D eigenvalue weighted by Gasteiger charge is -2.26. The first kappa shape index (κ1) is 21.3. The van der Waals surface area contributed by atoms with Gasteiger partial charge in [-0.05, 0) is 42.3 Å². The van der Waals surface area contributed by atoms with Gasteiger partial charge in [-0.25, -0.2) is 4.79 Å². The number of alkyl halides is 6. The van der Waals surface area contributed by atoms with Gasteiger partial charge in [0.1, 0.15) is 0 Å². The van der Waals surface area contributed by atoms with Crippen molar-refractivity contribution in [2.45, 2.75) is 24.7 Å². The van der Waals surface area contributed by atoms with E-state index < -0.39 is 34.9 Å². The molecule has 28 heavy (non-hydrogen) atoms. The minimum absolute atomic E-state index is 0.135. The van der Waals surface area contributed by atoms with Crippen LogP contribution in [0.2, 0.25) is 0 Å². The van der Waals surface area contributed by atoms with Gasteiger partial charge in [0, 0.05) is 0 Å². The molecular weight excluding hydrogens is 388 g/mol. The number of ether oxygens (including phenoxy) is 1. The van der Waals surface area contributed by atoms with E-state index in [2.05, 4.69) is 0 Å². The van der Waals surface area contributed by atoms with E-state index in [9.17, 15) is 36.4 Å². The van der Waals surface area contributed by atoms with E-state index in [1.54, 1.807) is 6.07 Å². The lowest BCUT2D eigenvalue weighted by Crippen LogP contribution is -2.37. The number of rotatable bonds is 4. The summed E-state index contributed by atoms with van der Waals surface area (Å²) in [7, 11) is 0. The molecule has 0 bridgehead atoms. The molecule has 0 N–H and O–H groups in total. The monoisotopic (exact) mass is 401 g/mol. The average Bonchev–Trinajstić information content (AvgIpc) is 2.62. The summed E-state index contributed by atoms with van der Waals surface area (Å²) in [6.07, 6.45) is -9.27. The Bertz CT molecular complexity index is 820. The third-order valence-corrected chi connectivity index (χ3v) is 4.04. The minimum atomic E-state index is -4.63. The third-order valence-electron chi connectivity index (χ3n) is 4.04. The summed E-state index contributed by atoms with van der Waals surface area (Å²) >= 11 is 0. The Balaban J connectivity index is 2.65. The van der Waals surface area contributed by atoms with E-state index in [0.717, 1.165) is 24.3 Å². The first-order chi connectivity index (χ1) is 13.0. The van der Waals surface area contributed by atoms with Gasteiger partial charge >= 0.3 is 18.3 Å². The van der Waals surface area contributed by atoms with Crippen molar-refractivity contribution in [3.8, 4) is 6.07 Å². The summed E-state index contributed by atoms with van der Waals surface area (Å²) in [5, 5.41) is 9.74. The van der Waals surface area contributed by atoms with Gasteiger partial charge in [0.05, 0.1) is 23.8 Å². The van der Waals surface area contributed by atoms with Crippen LogP contribution < -0.4 is 0 Å². The maximum atomic E-state index is 12.8. The smallest absolute Gasteiger partial charge is 0.416 e. The molecule has 0 spiro atoms. The standard InChI is InChI=1S/C19H13F6NO2/c1-2-28-16(27)17(11-26,12-3-7-14(8-4-12)18(20,21)22)13-5-9-15(10-6-13)19(23,24)25/h3-10H,2H2,1H3. The molecule has 0 radical (unpaired) electrons. The Morgan fingerprint density at radius 2 is 1.14 bits per heavy atom. The van der Waals surface area contributed by atoms with E-state index in [0.29, 0.717) is 24.3 Å². The van der Waals surface area contributed by atoms with Crippen molar-refractivity contribution in [3.63, 3.8) is 0 Å². The second kappa shape index (κ2) is 7.54. The Morgan fingerprint density at radius 3 is 1.39 bits per heavy atom. The zero-order valence-electron chi connectivity index (χ0n) is 14.4. The molecule has 0 aliphatic heterocycles. The van der Waals surface area contributed by atoms with Gasteiger partial charge in [0.2, 0.25) is 5.41 Å². The molecule has 0 fully saturated rings. The van der Waals surface area contributed by atoms with Gasteiger partial charge in [-0.2, -0.15) is 31.6 Å². The topological polar surface area (TPSA) is 50.1 Å². The maximum absolute atomic E-state index is 12.8. The van der Waals surface area contributed by atoms with Gasteiger partial charge in [-0.1, -0.05) is 24.3 Å². The van der Waals surface area contributed by atoms with Gasteiger partial charge in [-0.15, -0.1) is 0 Å². The lowest BCUT2D eigenvalue weighted by atomic mass is 9.75. The van der Waals surface area contributed by atoms with Crippen molar-refractivity contribution in [2.24, 2.45) is 0 Å². The predicted octanol–water partition coefficient (Wildman–Crippen LogP) is 5.10. The Hall–Kier alpha value is -3.02. The number of esters is 1. The van der Waals surface area contributed by atoms with Crippen LogP contribution in [0.5, 0.6) is 0 Å². The molecule has 0 heterocycles. The van der Waals surface area contributed by atoms with E-state index >= 15 is 0 Å². The number of nitriles is 1. The molecular formula is C19H13F6NO2. The molecule has 0 aromatic heterocycles. The van der Waals surface area contributed by atoms with Crippen LogP contribution in [0.15, 0.2) is 48.5 Å². The van der Waals surface area contributed by atoms with Crippen LogP contribution in [0.25, 0.3) is 0 Å². The first-order valence-corrected chi connectivity index (χ1v) is 7.90. The van der Waals surface area contributed by atoms with Crippen molar-refractivity contribution < 1.29 is 35.9 Å². The number of carbonyl (C=O) groups is 1. The Labute approximate surface area is 156 Å². The number of benzene rings is 2. The third kappa shape index (κ3) is 3.96. The number of nitrogens with zero attached hydrogens (tertiary/aromatic N) is 1. The summed E-state index contributed by atoms with van der Waals surface area (Å²) in [5.74, 6) is -1.10. The van der Waals surface area contributed by atoms with Crippen molar-refractivity contribution in [3.05, 3.63) is 70.8 Å². The maximum Gasteiger partial charge on any atom is 0.416 e. The Morgan fingerprint density at radius 1 is 0.821 bits per heavy atom. The molecule has 148 valence electrons. The normalized spacial score (nSPS) is 12.4. The van der Waals surface area contributed by atoms with Crippen molar-refractivity contribution in [2.75, 3.05) is 6.61 Å². The fraction of sp³-hybridized carbons (Fsp3) is 0.263. The Kier molecular flexibility index (Phi) is 5.73. The zero-order chi connectivity index (χ0) is 21.2. The largest absolute Gasteiger partial charge is 0.464 e. The summed E-state index contributed by atoms with van der Waals surface area (Å²) in [6, 6.07) is 8.18. The molecule has 2 aromatic rings. The fourth-order valence-electron chi connectivity index (χ4n) is 2.63. The number of carbonyl (C=O) groups excluding carboxylic acids is 1. The molecule has 0 saturated heterocycles. The highest BCUT2D eigenvalue weighted by Gasteiger charge is 2.45. The summed E-state index contributed by atoms with van der Waals surface area (Å²) in [6.45, 7) is 1.32. The summed E-state index contributed by atoms with van der Waals surface area (Å²) in [4.78, 5) is 12.6. The molecule has 0 aliphatic rings. The molecule has 0 amide bonds. The minimum Gasteiger partial charge on any atom is -0.464 e. The predicted molar refractivity (Wildman–Crippen MR) is 85.9 cm³/mol. The molecule has 9 heteroatoms. The fourth-order valence-corrected chi connectivity index (χ4v) is 2.63. The van der Waals surface area contributed by atoms with E-state index in [4.69, 9.17) is 4.74 Å². The molecule has 0 aliphatic carbocycles. The van der Waals surface area contributed by atoms with Gasteiger partial charge in [0.15, 0.2) is 0 Å². The first-order valence-electron chi connectivity index (χ1n) is 7.90. The second-order valence-electron chi connectivity index (χ2n) is 5.73. The zero-order valence-corrected chi connectivity index (χ0v) is 14.4. The molecule has 3 nitrogen and oxygen atoms in total. The lowest BCUT2D eigenvalue weighted by molar-refractivity contribution is -0.146. The van der Waals surface area contributed by atoms with Crippen LogP contribution in [-0.2, 0) is 27.3 Å². The highest BCUT2D eigenvalue weighted by molar-refractivity contribution is 5.91. The van der Waals surface area contributed by atoms with Gasteiger partial charge < -0.3 is 4.74 Å². The number of hydrogen-bond acceptors (Lipinski definition) is 3. The van der Waals surface area contributed by atoms with Crippen LogP contribution in [0.3, 0.4) is 0 Å².